The van der Waals surface area contributed by atoms with Gasteiger partial charge in [0.25, 0.3) is 5.91 Å². The summed E-state index contributed by atoms with van der Waals surface area (Å²) >= 11 is 12.8. The number of carbonyl (C=O) groups excluding carboxylic acids is 1. The fraction of sp³-hybridized carbons (Fsp3) is 0.438. The minimum absolute atomic E-state index is 0. The average molecular weight is 592 g/mol. The third kappa shape index (κ3) is 7.48. The summed E-state index contributed by atoms with van der Waals surface area (Å²) in [6.45, 7) is 8.00. The van der Waals surface area contributed by atoms with Crippen molar-refractivity contribution in [1.82, 2.24) is 5.32 Å². The van der Waals surface area contributed by atoms with E-state index in [0.717, 1.165) is 53.8 Å². The van der Waals surface area contributed by atoms with E-state index < -0.39 is 0 Å². The Hall–Kier alpha value is -2.27. The minimum atomic E-state index is -0.142. The second-order valence-corrected chi connectivity index (χ2v) is 10.1. The third-order valence-corrected chi connectivity index (χ3v) is 8.08. The van der Waals surface area contributed by atoms with E-state index in [1.165, 1.54) is 6.42 Å². The predicted molar refractivity (Wildman–Crippen MR) is 169 cm³/mol. The zero-order valence-corrected chi connectivity index (χ0v) is 25.6. The Morgan fingerprint density at radius 2 is 1.28 bits per heavy atom. The molecule has 6 rings (SSSR count). The summed E-state index contributed by atoms with van der Waals surface area (Å²) in [7, 11) is 0. The van der Waals surface area contributed by atoms with Gasteiger partial charge >= 0.3 is 0 Å². The van der Waals surface area contributed by atoms with E-state index in [1.807, 2.05) is 88.4 Å². The third-order valence-electron chi connectivity index (χ3n) is 7.32. The van der Waals surface area contributed by atoms with Crippen molar-refractivity contribution in [1.29, 1.82) is 0 Å². The fourth-order valence-electron chi connectivity index (χ4n) is 5.63. The molecule has 212 valence electrons. The molecule has 0 aromatic heterocycles. The first kappa shape index (κ1) is 32.9. The summed E-state index contributed by atoms with van der Waals surface area (Å²) in [4.78, 5) is 16.6. The number of amides is 1. The molecule has 2 aromatic carbocycles. The number of nitrogens with one attached hydrogen (secondary N) is 1. The average Bonchev–Trinajstić information content (AvgIpc) is 3.63. The van der Waals surface area contributed by atoms with Crippen LogP contribution in [-0.2, 0) is 4.79 Å². The number of fused-ring (bicyclic) bond motifs is 2. The summed E-state index contributed by atoms with van der Waals surface area (Å²) < 4.78 is 0. The lowest BCUT2D eigenvalue weighted by Crippen LogP contribution is -2.43. The molecule has 2 fully saturated rings. The highest BCUT2D eigenvalue weighted by molar-refractivity contribution is 6.77. The van der Waals surface area contributed by atoms with Crippen molar-refractivity contribution in [2.45, 2.75) is 78.3 Å². The highest BCUT2D eigenvalue weighted by atomic mass is 35.5. The number of halogens is 3. The molecule has 0 saturated heterocycles. The van der Waals surface area contributed by atoms with E-state index in [4.69, 9.17) is 23.2 Å². The Morgan fingerprint density at radius 1 is 0.769 bits per heavy atom. The molecule has 4 aliphatic rings. The van der Waals surface area contributed by atoms with Crippen LogP contribution in [0.2, 0.25) is 0 Å². The van der Waals surface area contributed by atoms with Crippen LogP contribution < -0.4 is 5.32 Å². The number of aliphatic imine (C=N–C) groups is 1. The van der Waals surface area contributed by atoms with Gasteiger partial charge in [-0.05, 0) is 36.8 Å². The van der Waals surface area contributed by atoms with Crippen LogP contribution in [0.25, 0.3) is 11.1 Å². The second-order valence-electron chi connectivity index (χ2n) is 9.36. The number of nitrogens with zero attached hydrogens (tertiary/aromatic N) is 1. The van der Waals surface area contributed by atoms with Crippen LogP contribution >= 0.6 is 35.6 Å². The van der Waals surface area contributed by atoms with Crippen LogP contribution in [-0.4, -0.2) is 28.3 Å². The molecule has 39 heavy (non-hydrogen) atoms. The molecule has 0 bridgehead atoms. The van der Waals surface area contributed by atoms with Crippen LogP contribution in [0.15, 0.2) is 76.4 Å². The monoisotopic (exact) mass is 590 g/mol. The molecule has 1 amide bonds. The maximum atomic E-state index is 12.0. The number of rotatable bonds is 2. The highest BCUT2D eigenvalue weighted by Crippen LogP contribution is 2.44. The predicted octanol–water partition coefficient (Wildman–Crippen LogP) is 9.18. The molecule has 2 aromatic rings. The molecule has 0 radical (unpaired) electrons. The van der Waals surface area contributed by atoms with Gasteiger partial charge in [0.05, 0.1) is 11.6 Å². The van der Waals surface area contributed by atoms with Crippen molar-refractivity contribution in [2.75, 3.05) is 0 Å². The van der Waals surface area contributed by atoms with Crippen LogP contribution in [0.4, 0.5) is 0 Å². The highest BCUT2D eigenvalue weighted by Gasteiger charge is 2.39. The van der Waals surface area contributed by atoms with Gasteiger partial charge in [0.15, 0.2) is 0 Å². The number of hydrogen-bond donors (Lipinski definition) is 2. The number of benzene rings is 2. The van der Waals surface area contributed by atoms with E-state index in [2.05, 4.69) is 10.3 Å². The molecule has 0 spiro atoms. The maximum absolute atomic E-state index is 12.0. The quantitative estimate of drug-likeness (QED) is 0.366. The van der Waals surface area contributed by atoms with E-state index in [1.54, 1.807) is 0 Å². The van der Waals surface area contributed by atoms with E-state index >= 15 is 0 Å². The molecule has 2 heterocycles. The lowest BCUT2D eigenvalue weighted by molar-refractivity contribution is -0.117. The number of hydrogen-bond acceptors (Lipinski definition) is 3. The molecule has 4 atom stereocenters. The summed E-state index contributed by atoms with van der Waals surface area (Å²) in [6, 6.07) is 19.9. The number of allylic oxidation sites excluding steroid dienone is 1. The summed E-state index contributed by atoms with van der Waals surface area (Å²) in [5, 5.41) is 14.8. The number of carbonyl (C=O) groups is 1. The number of dihydropyridines is 1. The first-order valence-corrected chi connectivity index (χ1v) is 14.8. The summed E-state index contributed by atoms with van der Waals surface area (Å²) in [6.07, 6.45) is 6.45. The van der Waals surface area contributed by atoms with E-state index in [-0.39, 0.29) is 36.0 Å². The van der Waals surface area contributed by atoms with Crippen molar-refractivity contribution in [3.8, 4) is 0 Å². The van der Waals surface area contributed by atoms with Crippen molar-refractivity contribution < 1.29 is 9.90 Å². The van der Waals surface area contributed by atoms with Gasteiger partial charge in [-0.3, -0.25) is 9.79 Å². The van der Waals surface area contributed by atoms with Crippen LogP contribution in [0, 0.1) is 11.8 Å². The molecule has 4 unspecified atom stereocenters. The SMILES string of the molecule is CC.CC.Cl.ClC1=NC2CCCC2C(Cl)=C1c1ccccc1.O=C1NC2CCCC2C(O)=C1c1ccccc1. The molecule has 2 N–H and O–H groups in total. The van der Waals surface area contributed by atoms with E-state index in [9.17, 15) is 9.90 Å². The zero-order valence-electron chi connectivity index (χ0n) is 23.3. The van der Waals surface area contributed by atoms with Crippen LogP contribution in [0.5, 0.6) is 0 Å². The van der Waals surface area contributed by atoms with Gasteiger partial charge in [0.2, 0.25) is 0 Å². The first-order valence-electron chi connectivity index (χ1n) is 14.0. The van der Waals surface area contributed by atoms with Crippen molar-refractivity contribution in [3.05, 3.63) is 82.6 Å². The lowest BCUT2D eigenvalue weighted by atomic mass is 9.89. The standard InChI is InChI=1S/C14H13Cl2N.C14H15NO2.2C2H6.ClH/c15-13-10-7-4-8-11(10)17-14(16)12(13)9-5-2-1-3-6-9;16-13-10-7-4-8-11(10)15-14(17)12(13)9-5-2-1-3-6-9;2*1-2;/h1-3,5-6,10-11H,4,7-8H2;1-3,5-6,10-11,16H,4,7-8H2,(H,15,17);2*1-2H3;1H. The number of aliphatic hydroxyl groups excluding tert-OH is 1. The van der Waals surface area contributed by atoms with Gasteiger partial charge in [-0.25, -0.2) is 0 Å². The first-order chi connectivity index (χ1) is 18.5. The molecule has 4 nitrogen and oxygen atoms in total. The van der Waals surface area contributed by atoms with Gasteiger partial charge in [0.1, 0.15) is 10.9 Å². The smallest absolute Gasteiger partial charge is 0.255 e. The minimum Gasteiger partial charge on any atom is -0.511 e. The van der Waals surface area contributed by atoms with E-state index in [0.29, 0.717) is 22.7 Å². The maximum Gasteiger partial charge on any atom is 0.255 e. The van der Waals surface area contributed by atoms with Crippen molar-refractivity contribution in [2.24, 2.45) is 16.8 Å². The number of aliphatic hydroxyl groups is 1. The normalized spacial score (nSPS) is 24.7. The Morgan fingerprint density at radius 3 is 1.87 bits per heavy atom. The summed E-state index contributed by atoms with van der Waals surface area (Å²) in [5.74, 6) is 0.636. The molecule has 2 aliphatic carbocycles. The van der Waals surface area contributed by atoms with Crippen LogP contribution in [0.3, 0.4) is 0 Å². The van der Waals surface area contributed by atoms with Gasteiger partial charge in [0, 0.05) is 28.5 Å². The molecule has 7 heteroatoms. The second kappa shape index (κ2) is 16.1. The summed E-state index contributed by atoms with van der Waals surface area (Å²) in [5.41, 5.74) is 3.25. The van der Waals surface area contributed by atoms with Gasteiger partial charge < -0.3 is 10.4 Å². The fourth-order valence-corrected chi connectivity index (χ4v) is 6.47. The van der Waals surface area contributed by atoms with Crippen molar-refractivity contribution >= 4 is 57.8 Å². The molecular formula is C32H41Cl3N2O2. The van der Waals surface area contributed by atoms with Crippen molar-refractivity contribution in [3.63, 3.8) is 0 Å². The van der Waals surface area contributed by atoms with Gasteiger partial charge in [-0.2, -0.15) is 0 Å². The largest absolute Gasteiger partial charge is 0.511 e. The topological polar surface area (TPSA) is 61.7 Å². The zero-order chi connectivity index (χ0) is 27.7. The van der Waals surface area contributed by atoms with Gasteiger partial charge in [-0.1, -0.05) is 124 Å². The molecular weight excluding hydrogens is 551 g/mol. The lowest BCUT2D eigenvalue weighted by Gasteiger charge is -2.28. The Bertz CT molecular complexity index is 1110. The van der Waals surface area contributed by atoms with Gasteiger partial charge in [-0.15, -0.1) is 12.4 Å². The Labute approximate surface area is 250 Å². The molecule has 2 saturated carbocycles. The molecule has 2 aliphatic heterocycles. The Kier molecular flexibility index (Phi) is 13.6. The Balaban J connectivity index is 0.000000238. The van der Waals surface area contributed by atoms with Crippen LogP contribution in [0.1, 0.15) is 77.3 Å².